The van der Waals surface area contributed by atoms with Gasteiger partial charge >= 0.3 is 5.69 Å². The van der Waals surface area contributed by atoms with Crippen molar-refractivity contribution in [2.75, 3.05) is 6.54 Å². The molecule has 1 unspecified atom stereocenters. The third-order valence-electron chi connectivity index (χ3n) is 6.30. The van der Waals surface area contributed by atoms with Crippen LogP contribution in [0.2, 0.25) is 10.0 Å². The average molecular weight is 510 g/mol. The Labute approximate surface area is 212 Å². The molecule has 2 aromatic carbocycles. The molecule has 0 bridgehead atoms. The summed E-state index contributed by atoms with van der Waals surface area (Å²) < 4.78 is 2.76. The van der Waals surface area contributed by atoms with Crippen LogP contribution in [0.5, 0.6) is 0 Å². The fraction of sp³-hybridized carbons (Fsp3) is 0.308. The van der Waals surface area contributed by atoms with Gasteiger partial charge in [-0.3, -0.25) is 4.79 Å². The smallest absolute Gasteiger partial charge is 0.338 e. The summed E-state index contributed by atoms with van der Waals surface area (Å²) in [6.07, 6.45) is 2.88. The first-order valence-electron chi connectivity index (χ1n) is 11.6. The number of amides is 1. The topological polar surface area (TPSA) is 72.5 Å². The largest absolute Gasteiger partial charge is 0.367 e. The van der Waals surface area contributed by atoms with Gasteiger partial charge in [-0.1, -0.05) is 61.3 Å². The van der Waals surface area contributed by atoms with E-state index in [1.807, 2.05) is 53.4 Å². The third-order valence-corrected chi connectivity index (χ3v) is 6.80. The minimum atomic E-state index is -0.332. The molecule has 9 heteroatoms. The predicted molar refractivity (Wildman–Crippen MR) is 138 cm³/mol. The van der Waals surface area contributed by atoms with E-state index in [9.17, 15) is 9.59 Å². The number of hydrogen-bond donors (Lipinski definition) is 0. The second kappa shape index (κ2) is 9.47. The summed E-state index contributed by atoms with van der Waals surface area (Å²) >= 11 is 12.3. The van der Waals surface area contributed by atoms with E-state index in [0.29, 0.717) is 47.5 Å². The molecule has 2 aromatic heterocycles. The van der Waals surface area contributed by atoms with E-state index in [4.69, 9.17) is 28.3 Å². The maximum Gasteiger partial charge on any atom is 0.367 e. The van der Waals surface area contributed by atoms with E-state index in [2.05, 4.69) is 18.9 Å². The van der Waals surface area contributed by atoms with Gasteiger partial charge in [0, 0.05) is 34.1 Å². The van der Waals surface area contributed by atoms with E-state index in [-0.39, 0.29) is 17.6 Å². The standard InChI is InChI=1S/C26H25Cl2N5O2/c1-16(2)14-31-21(11-12-23(31)34)15-32-26(35)33-25(30-32)24(18-5-9-20(28)10-6-18)22(13-29-33)17-3-7-19(27)8-4-17/h3-10,13,16,21H,11-12,14-15H2,1-2H3. The molecule has 4 aromatic rings. The van der Waals surface area contributed by atoms with Gasteiger partial charge in [-0.05, 0) is 47.7 Å². The molecule has 1 amide bonds. The van der Waals surface area contributed by atoms with E-state index >= 15 is 0 Å². The van der Waals surface area contributed by atoms with Crippen molar-refractivity contribution in [3.05, 3.63) is 75.3 Å². The summed E-state index contributed by atoms with van der Waals surface area (Å²) in [7, 11) is 0. The number of hydrogen-bond acceptors (Lipinski definition) is 4. The second-order valence-corrected chi connectivity index (χ2v) is 10.2. The Hall–Kier alpha value is -3.16. The third kappa shape index (κ3) is 4.58. The molecule has 5 rings (SSSR count). The van der Waals surface area contributed by atoms with Gasteiger partial charge < -0.3 is 4.90 Å². The number of nitrogens with zero attached hydrogens (tertiary/aromatic N) is 5. The first-order chi connectivity index (χ1) is 16.8. The number of rotatable bonds is 6. The molecule has 3 heterocycles. The molecule has 35 heavy (non-hydrogen) atoms. The molecule has 0 N–H and O–H groups in total. The van der Waals surface area contributed by atoms with Crippen LogP contribution in [0.1, 0.15) is 26.7 Å². The van der Waals surface area contributed by atoms with E-state index in [1.165, 1.54) is 9.20 Å². The monoisotopic (exact) mass is 509 g/mol. The number of carbonyl (C=O) groups excluding carboxylic acids is 1. The van der Waals surface area contributed by atoms with Crippen LogP contribution < -0.4 is 5.69 Å². The highest BCUT2D eigenvalue weighted by molar-refractivity contribution is 6.31. The summed E-state index contributed by atoms with van der Waals surface area (Å²) in [5.41, 5.74) is 3.48. The Morgan fingerprint density at radius 1 is 0.971 bits per heavy atom. The molecule has 180 valence electrons. The minimum absolute atomic E-state index is 0.0674. The van der Waals surface area contributed by atoms with Crippen molar-refractivity contribution < 1.29 is 4.79 Å². The fourth-order valence-corrected chi connectivity index (χ4v) is 4.91. The van der Waals surface area contributed by atoms with E-state index in [0.717, 1.165) is 22.3 Å². The van der Waals surface area contributed by atoms with Crippen LogP contribution in [-0.4, -0.2) is 42.8 Å². The Morgan fingerprint density at radius 2 is 1.60 bits per heavy atom. The number of fused-ring (bicyclic) bond motifs is 1. The van der Waals surface area contributed by atoms with Crippen LogP contribution in [-0.2, 0) is 11.3 Å². The van der Waals surface area contributed by atoms with Crippen molar-refractivity contribution >= 4 is 34.8 Å². The molecular formula is C26H25Cl2N5O2. The van der Waals surface area contributed by atoms with Crippen molar-refractivity contribution in [3.8, 4) is 22.3 Å². The summed E-state index contributed by atoms with van der Waals surface area (Å²) in [5.74, 6) is 0.475. The molecule has 1 aliphatic rings. The Bertz CT molecular complexity index is 1440. The molecule has 7 nitrogen and oxygen atoms in total. The normalized spacial score (nSPS) is 16.1. The van der Waals surface area contributed by atoms with Crippen LogP contribution in [0.4, 0.5) is 0 Å². The molecule has 1 aliphatic heterocycles. The van der Waals surface area contributed by atoms with Crippen molar-refractivity contribution in [1.82, 2.24) is 24.3 Å². The van der Waals surface area contributed by atoms with Gasteiger partial charge in [0.05, 0.1) is 18.8 Å². The van der Waals surface area contributed by atoms with Crippen molar-refractivity contribution in [3.63, 3.8) is 0 Å². The Balaban J connectivity index is 1.64. The second-order valence-electron chi connectivity index (χ2n) is 9.28. The first kappa shape index (κ1) is 23.6. The van der Waals surface area contributed by atoms with Gasteiger partial charge in [-0.25, -0.2) is 9.48 Å². The van der Waals surface area contributed by atoms with Gasteiger partial charge in [0.2, 0.25) is 5.91 Å². The minimum Gasteiger partial charge on any atom is -0.338 e. The highest BCUT2D eigenvalue weighted by Gasteiger charge is 2.32. The van der Waals surface area contributed by atoms with Gasteiger partial charge in [0.15, 0.2) is 5.65 Å². The number of carbonyl (C=O) groups is 1. The molecule has 0 radical (unpaired) electrons. The van der Waals surface area contributed by atoms with Crippen LogP contribution in [0.15, 0.2) is 59.5 Å². The molecule has 0 aliphatic carbocycles. The first-order valence-corrected chi connectivity index (χ1v) is 12.4. The van der Waals surface area contributed by atoms with E-state index < -0.39 is 0 Å². The fourth-order valence-electron chi connectivity index (χ4n) is 4.66. The lowest BCUT2D eigenvalue weighted by Crippen LogP contribution is -2.40. The number of likely N-dealkylation sites (tertiary alicyclic amines) is 1. The predicted octanol–water partition coefficient (Wildman–Crippen LogP) is 5.18. The number of aromatic nitrogens is 4. The van der Waals surface area contributed by atoms with Gasteiger partial charge in [0.1, 0.15) is 0 Å². The zero-order valence-corrected chi connectivity index (χ0v) is 21.0. The number of benzene rings is 2. The van der Waals surface area contributed by atoms with E-state index in [1.54, 1.807) is 6.20 Å². The quantitative estimate of drug-likeness (QED) is 0.359. The molecule has 1 saturated heterocycles. The van der Waals surface area contributed by atoms with Crippen LogP contribution >= 0.6 is 23.2 Å². The Kier molecular flexibility index (Phi) is 6.38. The lowest BCUT2D eigenvalue weighted by atomic mass is 9.97. The lowest BCUT2D eigenvalue weighted by Gasteiger charge is -2.26. The SMILES string of the molecule is CC(C)CN1C(=O)CCC1Cn1nc2c(-c3ccc(Cl)cc3)c(-c3ccc(Cl)cc3)cnn2c1=O. The van der Waals surface area contributed by atoms with Gasteiger partial charge in [0.25, 0.3) is 0 Å². The molecular weight excluding hydrogens is 485 g/mol. The average Bonchev–Trinajstić information content (AvgIpc) is 3.34. The zero-order chi connectivity index (χ0) is 24.7. The lowest BCUT2D eigenvalue weighted by molar-refractivity contribution is -0.129. The zero-order valence-electron chi connectivity index (χ0n) is 19.5. The molecule has 0 saturated carbocycles. The maximum absolute atomic E-state index is 13.3. The summed E-state index contributed by atoms with van der Waals surface area (Å²) in [5, 5.41) is 10.4. The highest BCUT2D eigenvalue weighted by atomic mass is 35.5. The summed E-state index contributed by atoms with van der Waals surface area (Å²) in [6.45, 7) is 5.16. The van der Waals surface area contributed by atoms with Crippen molar-refractivity contribution in [2.45, 2.75) is 39.3 Å². The van der Waals surface area contributed by atoms with Crippen LogP contribution in [0.25, 0.3) is 27.9 Å². The van der Waals surface area contributed by atoms with Gasteiger partial charge in [-0.2, -0.15) is 9.61 Å². The summed E-state index contributed by atoms with van der Waals surface area (Å²) in [4.78, 5) is 27.6. The number of halogens is 2. The highest BCUT2D eigenvalue weighted by Crippen LogP contribution is 2.35. The van der Waals surface area contributed by atoms with Crippen LogP contribution in [0, 0.1) is 5.92 Å². The Morgan fingerprint density at radius 3 is 2.23 bits per heavy atom. The molecule has 1 fully saturated rings. The summed E-state index contributed by atoms with van der Waals surface area (Å²) in [6, 6.07) is 14.8. The maximum atomic E-state index is 13.3. The molecule has 0 spiro atoms. The molecule has 1 atom stereocenters. The van der Waals surface area contributed by atoms with Gasteiger partial charge in [-0.15, -0.1) is 5.10 Å². The van der Waals surface area contributed by atoms with Crippen LogP contribution in [0.3, 0.4) is 0 Å². The van der Waals surface area contributed by atoms with Crippen molar-refractivity contribution in [2.24, 2.45) is 5.92 Å². The van der Waals surface area contributed by atoms with Crippen molar-refractivity contribution in [1.29, 1.82) is 0 Å².